The number of aliphatic hydroxyl groups is 1. The summed E-state index contributed by atoms with van der Waals surface area (Å²) in [6, 6.07) is 9.09. The van der Waals surface area contributed by atoms with Crippen LogP contribution in [0.4, 0.5) is 9.18 Å². The van der Waals surface area contributed by atoms with Crippen molar-refractivity contribution in [2.75, 3.05) is 13.1 Å². The topological polar surface area (TPSA) is 70.6 Å². The van der Waals surface area contributed by atoms with Crippen LogP contribution >= 0.6 is 11.3 Å². The summed E-state index contributed by atoms with van der Waals surface area (Å²) in [6.45, 7) is 2.16. The number of benzene rings is 1. The van der Waals surface area contributed by atoms with Gasteiger partial charge >= 0.3 is 6.03 Å². The number of amides is 2. The van der Waals surface area contributed by atoms with Crippen molar-refractivity contribution >= 4 is 17.4 Å². The lowest BCUT2D eigenvalue weighted by atomic mass is 10.3. The van der Waals surface area contributed by atoms with Crippen molar-refractivity contribution < 1.29 is 19.0 Å². The Hall–Kier alpha value is -2.12. The van der Waals surface area contributed by atoms with Gasteiger partial charge in [0.25, 0.3) is 0 Å². The minimum Gasteiger partial charge on any atom is -0.489 e. The zero-order chi connectivity index (χ0) is 16.7. The molecule has 0 bridgehead atoms. The van der Waals surface area contributed by atoms with Gasteiger partial charge in [-0.05, 0) is 30.5 Å². The predicted molar refractivity (Wildman–Crippen MR) is 87.2 cm³/mol. The first-order valence-electron chi connectivity index (χ1n) is 7.20. The molecule has 0 aliphatic rings. The minimum absolute atomic E-state index is 0.130. The van der Waals surface area contributed by atoms with Crippen LogP contribution in [0.1, 0.15) is 17.9 Å². The number of ether oxygens (including phenoxy) is 1. The lowest BCUT2D eigenvalue weighted by Crippen LogP contribution is -2.41. The Kier molecular flexibility index (Phi) is 6.37. The number of thiophene rings is 1. The molecule has 0 unspecified atom stereocenters. The van der Waals surface area contributed by atoms with E-state index in [0.29, 0.717) is 5.75 Å². The number of nitrogens with one attached hydrogen (secondary N) is 2. The van der Waals surface area contributed by atoms with Crippen LogP contribution in [0.5, 0.6) is 5.75 Å². The first-order valence-corrected chi connectivity index (χ1v) is 8.08. The fourth-order valence-corrected chi connectivity index (χ4v) is 2.60. The Bertz CT molecular complexity index is 622. The van der Waals surface area contributed by atoms with Crippen LogP contribution in [0.25, 0.3) is 0 Å². The van der Waals surface area contributed by atoms with Gasteiger partial charge in [0.05, 0.1) is 13.1 Å². The van der Waals surface area contributed by atoms with Crippen LogP contribution in [-0.2, 0) is 0 Å². The normalized spacial score (nSPS) is 13.2. The van der Waals surface area contributed by atoms with Gasteiger partial charge in [-0.1, -0.05) is 12.1 Å². The first kappa shape index (κ1) is 17.2. The summed E-state index contributed by atoms with van der Waals surface area (Å²) < 4.78 is 18.5. The van der Waals surface area contributed by atoms with E-state index in [0.717, 1.165) is 4.88 Å². The second-order valence-electron chi connectivity index (χ2n) is 5.01. The monoisotopic (exact) mass is 338 g/mol. The Morgan fingerprint density at radius 1 is 1.30 bits per heavy atom. The smallest absolute Gasteiger partial charge is 0.315 e. The fourth-order valence-electron chi connectivity index (χ4n) is 1.88. The molecule has 5 nitrogen and oxygen atoms in total. The van der Waals surface area contributed by atoms with Crippen molar-refractivity contribution in [3.8, 4) is 5.75 Å². The van der Waals surface area contributed by atoms with Crippen molar-refractivity contribution in [1.29, 1.82) is 0 Å². The molecule has 1 aromatic heterocycles. The van der Waals surface area contributed by atoms with Gasteiger partial charge in [-0.3, -0.25) is 0 Å². The van der Waals surface area contributed by atoms with E-state index in [4.69, 9.17) is 4.74 Å². The van der Waals surface area contributed by atoms with Crippen LogP contribution in [-0.4, -0.2) is 30.3 Å². The highest BCUT2D eigenvalue weighted by atomic mass is 32.1. The molecule has 2 rings (SSSR count). The van der Waals surface area contributed by atoms with Gasteiger partial charge in [-0.15, -0.1) is 11.3 Å². The molecule has 0 fully saturated rings. The highest BCUT2D eigenvalue weighted by molar-refractivity contribution is 7.10. The number of aliphatic hydroxyl groups excluding tert-OH is 1. The van der Waals surface area contributed by atoms with E-state index in [9.17, 15) is 14.3 Å². The van der Waals surface area contributed by atoms with Gasteiger partial charge in [0.2, 0.25) is 0 Å². The summed E-state index contributed by atoms with van der Waals surface area (Å²) in [6.07, 6.45) is -1.04. The Morgan fingerprint density at radius 2 is 2.09 bits per heavy atom. The van der Waals surface area contributed by atoms with Gasteiger partial charge in [0, 0.05) is 10.9 Å². The molecule has 0 spiro atoms. The highest BCUT2D eigenvalue weighted by Gasteiger charge is 2.11. The largest absolute Gasteiger partial charge is 0.489 e. The molecule has 0 aliphatic heterocycles. The molecule has 2 aromatic rings. The van der Waals surface area contributed by atoms with Crippen LogP contribution in [0.3, 0.4) is 0 Å². The number of carbonyl (C=O) groups is 1. The van der Waals surface area contributed by atoms with Crippen molar-refractivity contribution in [1.82, 2.24) is 10.6 Å². The standard InChI is InChI=1S/C16H19FN2O3S/c1-11(22-13-5-2-4-12(17)8-13)9-18-16(21)19-10-14(20)15-6-3-7-23-15/h2-8,11,14,20H,9-10H2,1H3,(H2,18,19,21)/t11-,14-/m0/s1. The number of halogens is 1. The van der Waals surface area contributed by atoms with Gasteiger partial charge in [0.1, 0.15) is 23.8 Å². The van der Waals surface area contributed by atoms with E-state index in [-0.39, 0.29) is 25.0 Å². The lowest BCUT2D eigenvalue weighted by Gasteiger charge is -2.16. The van der Waals surface area contributed by atoms with E-state index in [1.165, 1.54) is 23.5 Å². The summed E-state index contributed by atoms with van der Waals surface area (Å²) in [7, 11) is 0. The molecule has 3 N–H and O–H groups in total. The Balaban J connectivity index is 1.67. The number of hydrogen-bond acceptors (Lipinski definition) is 4. The van der Waals surface area contributed by atoms with Crippen molar-refractivity contribution in [3.05, 3.63) is 52.5 Å². The second kappa shape index (κ2) is 8.50. The molecule has 1 heterocycles. The quantitative estimate of drug-likeness (QED) is 0.727. The van der Waals surface area contributed by atoms with Crippen LogP contribution in [0.15, 0.2) is 41.8 Å². The van der Waals surface area contributed by atoms with E-state index in [2.05, 4.69) is 10.6 Å². The third-order valence-corrected chi connectivity index (χ3v) is 3.98. The molecular weight excluding hydrogens is 319 g/mol. The molecule has 1 aromatic carbocycles. The molecule has 0 aliphatic carbocycles. The predicted octanol–water partition coefficient (Wildman–Crippen LogP) is 2.69. The third kappa shape index (κ3) is 5.88. The van der Waals surface area contributed by atoms with Crippen LogP contribution in [0, 0.1) is 5.82 Å². The zero-order valence-electron chi connectivity index (χ0n) is 12.7. The molecule has 124 valence electrons. The van der Waals surface area contributed by atoms with Crippen LogP contribution < -0.4 is 15.4 Å². The maximum absolute atomic E-state index is 13.0. The fraction of sp³-hybridized carbons (Fsp3) is 0.312. The Morgan fingerprint density at radius 3 is 2.78 bits per heavy atom. The Labute approximate surface area is 138 Å². The molecule has 0 radical (unpaired) electrons. The molecule has 0 saturated carbocycles. The molecule has 2 atom stereocenters. The molecule has 2 amide bonds. The van der Waals surface area contributed by atoms with E-state index in [1.54, 1.807) is 19.1 Å². The van der Waals surface area contributed by atoms with E-state index >= 15 is 0 Å². The van der Waals surface area contributed by atoms with Crippen molar-refractivity contribution in [3.63, 3.8) is 0 Å². The maximum Gasteiger partial charge on any atom is 0.315 e. The van der Waals surface area contributed by atoms with Gasteiger partial charge in [-0.2, -0.15) is 0 Å². The molecular formula is C16H19FN2O3S. The average Bonchev–Trinajstić information content (AvgIpc) is 3.05. The minimum atomic E-state index is -0.721. The van der Waals surface area contributed by atoms with Crippen LogP contribution in [0.2, 0.25) is 0 Å². The highest BCUT2D eigenvalue weighted by Crippen LogP contribution is 2.17. The molecule has 23 heavy (non-hydrogen) atoms. The number of hydrogen-bond donors (Lipinski definition) is 3. The molecule has 0 saturated heterocycles. The summed E-state index contributed by atoms with van der Waals surface area (Å²) in [5.74, 6) is 0.0378. The summed E-state index contributed by atoms with van der Waals surface area (Å²) in [5.41, 5.74) is 0. The van der Waals surface area contributed by atoms with E-state index in [1.807, 2.05) is 17.5 Å². The second-order valence-corrected chi connectivity index (χ2v) is 5.99. The first-order chi connectivity index (χ1) is 11.0. The van der Waals surface area contributed by atoms with Crippen molar-refractivity contribution in [2.24, 2.45) is 0 Å². The summed E-state index contributed by atoms with van der Waals surface area (Å²) >= 11 is 1.43. The summed E-state index contributed by atoms with van der Waals surface area (Å²) in [4.78, 5) is 12.5. The molecule has 7 heteroatoms. The lowest BCUT2D eigenvalue weighted by molar-refractivity contribution is 0.174. The zero-order valence-corrected chi connectivity index (χ0v) is 13.5. The SMILES string of the molecule is C[C@@H](CNC(=O)NC[C@H](O)c1cccs1)Oc1cccc(F)c1. The van der Waals surface area contributed by atoms with Gasteiger partial charge in [-0.25, -0.2) is 9.18 Å². The number of rotatable bonds is 7. The van der Waals surface area contributed by atoms with Gasteiger partial charge < -0.3 is 20.5 Å². The van der Waals surface area contributed by atoms with E-state index < -0.39 is 12.1 Å². The maximum atomic E-state index is 13.0. The number of urea groups is 1. The van der Waals surface area contributed by atoms with Gasteiger partial charge in [0.15, 0.2) is 0 Å². The summed E-state index contributed by atoms with van der Waals surface area (Å²) in [5, 5.41) is 17.0. The third-order valence-electron chi connectivity index (χ3n) is 3.01. The number of carbonyl (C=O) groups excluding carboxylic acids is 1. The average molecular weight is 338 g/mol. The van der Waals surface area contributed by atoms with Crippen molar-refractivity contribution in [2.45, 2.75) is 19.1 Å².